The highest BCUT2D eigenvalue weighted by atomic mass is 32.2. The molecule has 0 radical (unpaired) electrons. The Hall–Kier alpha value is -2.42. The van der Waals surface area contributed by atoms with Crippen LogP contribution in [0, 0.1) is 0 Å². The lowest BCUT2D eigenvalue weighted by molar-refractivity contribution is -0.117. The van der Waals surface area contributed by atoms with E-state index in [0.29, 0.717) is 5.16 Å². The Kier molecular flexibility index (Phi) is 6.10. The largest absolute Gasteiger partial charge is 0.335 e. The van der Waals surface area contributed by atoms with Crippen LogP contribution >= 0.6 is 11.8 Å². The molecule has 2 aromatic rings. The van der Waals surface area contributed by atoms with Gasteiger partial charge in [-0.1, -0.05) is 36.9 Å². The molecule has 0 bridgehead atoms. The number of nitrogens with zero attached hydrogens (tertiary/aromatic N) is 4. The molecule has 2 N–H and O–H groups in total. The van der Waals surface area contributed by atoms with Crippen molar-refractivity contribution in [3.05, 3.63) is 30.3 Å². The topological polar surface area (TPSA) is 102 Å². The van der Waals surface area contributed by atoms with Gasteiger partial charge in [-0.3, -0.25) is 10.1 Å². The molecule has 0 spiro atoms. The van der Waals surface area contributed by atoms with Gasteiger partial charge in [0.05, 0.1) is 11.4 Å². The van der Waals surface area contributed by atoms with Crippen molar-refractivity contribution in [1.82, 2.24) is 30.8 Å². The zero-order valence-electron chi connectivity index (χ0n) is 12.9. The normalized spacial score (nSPS) is 11.7. The lowest BCUT2D eigenvalue weighted by Gasteiger charge is -2.11. The number of thioether (sulfide) groups is 1. The van der Waals surface area contributed by atoms with E-state index in [9.17, 15) is 9.59 Å². The van der Waals surface area contributed by atoms with Gasteiger partial charge in [0.1, 0.15) is 0 Å². The Balaban J connectivity index is 1.88. The molecule has 0 fully saturated rings. The molecule has 3 amide bonds. The lowest BCUT2D eigenvalue weighted by atomic mass is 10.3. The van der Waals surface area contributed by atoms with E-state index in [1.165, 1.54) is 4.68 Å². The summed E-state index contributed by atoms with van der Waals surface area (Å²) in [5.74, 6) is -0.361. The van der Waals surface area contributed by atoms with Crippen molar-refractivity contribution >= 4 is 23.7 Å². The molecule has 1 aromatic heterocycles. The van der Waals surface area contributed by atoms with Gasteiger partial charge in [0.25, 0.3) is 0 Å². The SMILES string of the molecule is CC[C@@H](C)NC(=O)NC(=O)CSc1nnnn1-c1ccccc1. The molecule has 1 aromatic carbocycles. The molecule has 122 valence electrons. The number of carbonyl (C=O) groups excluding carboxylic acids is 2. The molecule has 0 aliphatic rings. The summed E-state index contributed by atoms with van der Waals surface area (Å²) in [5.41, 5.74) is 0.801. The van der Waals surface area contributed by atoms with Gasteiger partial charge in [-0.05, 0) is 35.9 Å². The summed E-state index contributed by atoms with van der Waals surface area (Å²) in [4.78, 5) is 23.4. The van der Waals surface area contributed by atoms with Crippen molar-refractivity contribution in [2.75, 3.05) is 5.75 Å². The number of imide groups is 1. The van der Waals surface area contributed by atoms with E-state index in [4.69, 9.17) is 0 Å². The van der Waals surface area contributed by atoms with Crippen LogP contribution in [0.1, 0.15) is 20.3 Å². The number of hydrogen-bond donors (Lipinski definition) is 2. The first kappa shape index (κ1) is 16.9. The molecule has 0 aliphatic heterocycles. The van der Waals surface area contributed by atoms with Crippen molar-refractivity contribution < 1.29 is 9.59 Å². The zero-order chi connectivity index (χ0) is 16.7. The molecule has 0 saturated heterocycles. The number of tetrazole rings is 1. The first-order valence-corrected chi connectivity index (χ1v) is 8.15. The fourth-order valence-corrected chi connectivity index (χ4v) is 2.35. The number of rotatable bonds is 6. The third-order valence-electron chi connectivity index (χ3n) is 3.02. The third-order valence-corrected chi connectivity index (χ3v) is 3.94. The van der Waals surface area contributed by atoms with Crippen LogP contribution in [-0.4, -0.2) is 43.9 Å². The molecule has 1 heterocycles. The Morgan fingerprint density at radius 3 is 2.74 bits per heavy atom. The summed E-state index contributed by atoms with van der Waals surface area (Å²) in [6, 6.07) is 8.88. The van der Waals surface area contributed by atoms with Gasteiger partial charge in [-0.2, -0.15) is 4.68 Å². The standard InChI is InChI=1S/C14H18N6O2S/c1-3-10(2)15-13(22)16-12(21)9-23-14-17-18-19-20(14)11-7-5-4-6-8-11/h4-8,10H,3,9H2,1-2H3,(H2,15,16,21,22)/t10-/m1/s1. The number of urea groups is 1. The second kappa shape index (κ2) is 8.28. The number of hydrogen-bond acceptors (Lipinski definition) is 6. The zero-order valence-corrected chi connectivity index (χ0v) is 13.7. The minimum absolute atomic E-state index is 0.0147. The molecule has 23 heavy (non-hydrogen) atoms. The maximum Gasteiger partial charge on any atom is 0.321 e. The Bertz CT molecular complexity index is 660. The quantitative estimate of drug-likeness (QED) is 0.774. The smallest absolute Gasteiger partial charge is 0.321 e. The number of aromatic nitrogens is 4. The van der Waals surface area contributed by atoms with Crippen LogP contribution in [0.4, 0.5) is 4.79 Å². The van der Waals surface area contributed by atoms with E-state index >= 15 is 0 Å². The molecule has 0 saturated carbocycles. The van der Waals surface area contributed by atoms with Gasteiger partial charge >= 0.3 is 6.03 Å². The Labute approximate surface area is 138 Å². The first-order valence-electron chi connectivity index (χ1n) is 7.17. The summed E-state index contributed by atoms with van der Waals surface area (Å²) in [7, 11) is 0. The van der Waals surface area contributed by atoms with Crippen LogP contribution < -0.4 is 10.6 Å². The van der Waals surface area contributed by atoms with E-state index in [1.54, 1.807) is 0 Å². The van der Waals surface area contributed by atoms with Gasteiger partial charge in [0, 0.05) is 6.04 Å². The van der Waals surface area contributed by atoms with E-state index in [0.717, 1.165) is 23.9 Å². The van der Waals surface area contributed by atoms with Crippen LogP contribution in [0.25, 0.3) is 5.69 Å². The molecule has 8 nitrogen and oxygen atoms in total. The fourth-order valence-electron chi connectivity index (χ4n) is 1.65. The molecule has 0 unspecified atom stereocenters. The van der Waals surface area contributed by atoms with E-state index in [2.05, 4.69) is 26.2 Å². The van der Waals surface area contributed by atoms with E-state index in [-0.39, 0.29) is 11.8 Å². The van der Waals surface area contributed by atoms with Crippen molar-refractivity contribution in [3.8, 4) is 5.69 Å². The highest BCUT2D eigenvalue weighted by molar-refractivity contribution is 7.99. The average Bonchev–Trinajstić information content (AvgIpc) is 3.02. The van der Waals surface area contributed by atoms with Crippen LogP contribution in [0.2, 0.25) is 0 Å². The summed E-state index contributed by atoms with van der Waals surface area (Å²) >= 11 is 1.16. The molecule has 1 atom stereocenters. The average molecular weight is 334 g/mol. The molecule has 2 rings (SSSR count). The summed E-state index contributed by atoms with van der Waals surface area (Å²) in [6.07, 6.45) is 0.794. The van der Waals surface area contributed by atoms with E-state index < -0.39 is 11.9 Å². The minimum atomic E-state index is -0.493. The highest BCUT2D eigenvalue weighted by Crippen LogP contribution is 2.17. The summed E-state index contributed by atoms with van der Waals surface area (Å²) in [5, 5.41) is 16.8. The lowest BCUT2D eigenvalue weighted by Crippen LogP contribution is -2.43. The van der Waals surface area contributed by atoms with Gasteiger partial charge in [-0.15, -0.1) is 5.10 Å². The number of carbonyl (C=O) groups is 2. The number of nitrogens with one attached hydrogen (secondary N) is 2. The minimum Gasteiger partial charge on any atom is -0.335 e. The van der Waals surface area contributed by atoms with Gasteiger partial charge in [0.15, 0.2) is 0 Å². The predicted molar refractivity (Wildman–Crippen MR) is 86.3 cm³/mol. The Morgan fingerprint density at radius 2 is 2.04 bits per heavy atom. The van der Waals surface area contributed by atoms with Crippen LogP contribution in [0.15, 0.2) is 35.5 Å². The summed E-state index contributed by atoms with van der Waals surface area (Å²) in [6.45, 7) is 3.82. The van der Waals surface area contributed by atoms with Crippen molar-refractivity contribution in [2.45, 2.75) is 31.5 Å². The second-order valence-corrected chi connectivity index (χ2v) is 5.77. The highest BCUT2D eigenvalue weighted by Gasteiger charge is 2.13. The van der Waals surface area contributed by atoms with Gasteiger partial charge < -0.3 is 5.32 Å². The van der Waals surface area contributed by atoms with Crippen molar-refractivity contribution in [1.29, 1.82) is 0 Å². The molecular weight excluding hydrogens is 316 g/mol. The van der Waals surface area contributed by atoms with Crippen LogP contribution in [-0.2, 0) is 4.79 Å². The van der Waals surface area contributed by atoms with Crippen LogP contribution in [0.5, 0.6) is 0 Å². The van der Waals surface area contributed by atoms with Crippen molar-refractivity contribution in [2.24, 2.45) is 0 Å². The third kappa shape index (κ3) is 5.06. The predicted octanol–water partition coefficient (Wildman–Crippen LogP) is 1.38. The second-order valence-electron chi connectivity index (χ2n) is 4.83. The number of amides is 3. The van der Waals surface area contributed by atoms with Gasteiger partial charge in [-0.25, -0.2) is 4.79 Å². The fraction of sp³-hybridized carbons (Fsp3) is 0.357. The Morgan fingerprint density at radius 1 is 1.30 bits per heavy atom. The monoisotopic (exact) mass is 334 g/mol. The number of para-hydroxylation sites is 1. The van der Waals surface area contributed by atoms with E-state index in [1.807, 2.05) is 44.2 Å². The maximum atomic E-state index is 11.8. The first-order chi connectivity index (χ1) is 11.1. The maximum absolute atomic E-state index is 11.8. The van der Waals surface area contributed by atoms with Gasteiger partial charge in [0.2, 0.25) is 11.1 Å². The summed E-state index contributed by atoms with van der Waals surface area (Å²) < 4.78 is 1.54. The van der Waals surface area contributed by atoms with Crippen LogP contribution in [0.3, 0.4) is 0 Å². The number of benzene rings is 1. The van der Waals surface area contributed by atoms with Crippen molar-refractivity contribution in [3.63, 3.8) is 0 Å². The molecule has 0 aliphatic carbocycles. The molecular formula is C14H18N6O2S. The molecule has 9 heteroatoms.